The molecule has 0 radical (unpaired) electrons. The number of aromatic amines is 2. The number of nitrogens with zero attached hydrogens (tertiary/aromatic N) is 4. The zero-order valence-corrected chi connectivity index (χ0v) is 27.8. The molecule has 6 rings (SSSR count). The van der Waals surface area contributed by atoms with Gasteiger partial charge < -0.3 is 34.9 Å². The second-order valence-corrected chi connectivity index (χ2v) is 12.9. The van der Waals surface area contributed by atoms with Gasteiger partial charge in [0.05, 0.1) is 43.5 Å². The predicted octanol–water partition coefficient (Wildman–Crippen LogP) is 5.00. The SMILES string of the molecule is COC(=O)C(C(=O)N1CCCC1c1ncc(-c2ccc(-c3ccc(-c4cnc(CN5CCCC(NC(=O)O)C5=O)[nH]4)cc3)cc2)[nH]1)C(C)C. The van der Waals surface area contributed by atoms with E-state index >= 15 is 0 Å². The summed E-state index contributed by atoms with van der Waals surface area (Å²) in [4.78, 5) is 68.7. The van der Waals surface area contributed by atoms with Crippen molar-refractivity contribution >= 4 is 23.9 Å². The van der Waals surface area contributed by atoms with Crippen LogP contribution < -0.4 is 5.32 Å². The molecule has 4 N–H and O–H groups in total. The van der Waals surface area contributed by atoms with Crippen LogP contribution in [-0.2, 0) is 25.7 Å². The Morgan fingerprint density at radius 1 is 0.898 bits per heavy atom. The van der Waals surface area contributed by atoms with Gasteiger partial charge in [-0.3, -0.25) is 14.4 Å². The molecule has 4 aromatic rings. The van der Waals surface area contributed by atoms with Crippen molar-refractivity contribution in [1.29, 1.82) is 0 Å². The van der Waals surface area contributed by atoms with Gasteiger partial charge in [0, 0.05) is 13.1 Å². The molecule has 4 heterocycles. The second kappa shape index (κ2) is 14.3. The first-order valence-electron chi connectivity index (χ1n) is 16.6. The number of H-pyrrole nitrogens is 2. The summed E-state index contributed by atoms with van der Waals surface area (Å²) in [5, 5.41) is 11.3. The summed E-state index contributed by atoms with van der Waals surface area (Å²) < 4.78 is 4.92. The lowest BCUT2D eigenvalue weighted by molar-refractivity contribution is -0.156. The molecule has 2 aliphatic rings. The number of amides is 3. The Balaban J connectivity index is 1.09. The summed E-state index contributed by atoms with van der Waals surface area (Å²) in [5.74, 6) is -0.638. The first-order chi connectivity index (χ1) is 23.6. The highest BCUT2D eigenvalue weighted by Gasteiger charge is 2.40. The average Bonchev–Trinajstić information content (AvgIpc) is 3.88. The van der Waals surface area contributed by atoms with Crippen LogP contribution >= 0.6 is 0 Å². The topological polar surface area (TPSA) is 174 Å². The number of likely N-dealkylation sites (tertiary alicyclic amines) is 2. The van der Waals surface area contributed by atoms with Gasteiger partial charge in [0.25, 0.3) is 0 Å². The van der Waals surface area contributed by atoms with Gasteiger partial charge >= 0.3 is 12.1 Å². The number of methoxy groups -OCH3 is 1. The number of hydrogen-bond donors (Lipinski definition) is 4. The fraction of sp³-hybridized carbons (Fsp3) is 0.389. The monoisotopic (exact) mass is 667 g/mol. The maximum Gasteiger partial charge on any atom is 0.405 e. The number of benzene rings is 2. The molecule has 3 unspecified atom stereocenters. The predicted molar refractivity (Wildman–Crippen MR) is 181 cm³/mol. The molecule has 0 bridgehead atoms. The summed E-state index contributed by atoms with van der Waals surface area (Å²) in [7, 11) is 1.31. The number of imidazole rings is 2. The second-order valence-electron chi connectivity index (χ2n) is 12.9. The number of hydrogen-bond acceptors (Lipinski definition) is 7. The van der Waals surface area contributed by atoms with Crippen LogP contribution in [0.3, 0.4) is 0 Å². The summed E-state index contributed by atoms with van der Waals surface area (Å²) in [6.45, 7) is 5.11. The lowest BCUT2D eigenvalue weighted by atomic mass is 9.94. The molecule has 3 amide bonds. The third kappa shape index (κ3) is 7.20. The van der Waals surface area contributed by atoms with E-state index in [0.29, 0.717) is 31.2 Å². The van der Waals surface area contributed by atoms with E-state index in [1.807, 2.05) is 50.2 Å². The molecule has 0 spiro atoms. The van der Waals surface area contributed by atoms with E-state index in [0.717, 1.165) is 52.9 Å². The number of nitrogens with one attached hydrogen (secondary N) is 3. The van der Waals surface area contributed by atoms with E-state index in [-0.39, 0.29) is 30.3 Å². The molecule has 2 saturated heterocycles. The van der Waals surface area contributed by atoms with Crippen molar-refractivity contribution in [2.24, 2.45) is 11.8 Å². The fourth-order valence-electron chi connectivity index (χ4n) is 6.77. The zero-order chi connectivity index (χ0) is 34.7. The molecular formula is C36H41N7O6. The number of aromatic nitrogens is 4. The van der Waals surface area contributed by atoms with Crippen LogP contribution in [0, 0.1) is 11.8 Å². The highest BCUT2D eigenvalue weighted by Crippen LogP contribution is 2.34. The van der Waals surface area contributed by atoms with Crippen molar-refractivity contribution in [1.82, 2.24) is 35.1 Å². The lowest BCUT2D eigenvalue weighted by Gasteiger charge is -2.31. The van der Waals surface area contributed by atoms with Crippen molar-refractivity contribution in [2.45, 2.75) is 58.2 Å². The number of rotatable bonds is 10. The summed E-state index contributed by atoms with van der Waals surface area (Å²) in [6.07, 6.45) is 5.13. The van der Waals surface area contributed by atoms with Crippen LogP contribution in [0.15, 0.2) is 60.9 Å². The van der Waals surface area contributed by atoms with E-state index in [2.05, 4.69) is 37.4 Å². The number of esters is 1. The Hall–Kier alpha value is -5.46. The molecule has 0 saturated carbocycles. The molecule has 2 aliphatic heterocycles. The number of carbonyl (C=O) groups is 4. The van der Waals surface area contributed by atoms with Gasteiger partial charge in [-0.05, 0) is 53.9 Å². The first kappa shape index (κ1) is 33.4. The number of carboxylic acid groups (broad SMARTS) is 1. The van der Waals surface area contributed by atoms with Crippen molar-refractivity contribution in [3.8, 4) is 33.6 Å². The highest BCUT2D eigenvalue weighted by atomic mass is 16.5. The van der Waals surface area contributed by atoms with Gasteiger partial charge in [0.1, 0.15) is 23.6 Å². The fourth-order valence-corrected chi connectivity index (χ4v) is 6.77. The first-order valence-corrected chi connectivity index (χ1v) is 16.6. The van der Waals surface area contributed by atoms with E-state index in [1.54, 1.807) is 22.2 Å². The Labute approximate surface area is 284 Å². The third-order valence-electron chi connectivity index (χ3n) is 9.36. The quantitative estimate of drug-likeness (QED) is 0.135. The Bertz CT molecular complexity index is 1810. The number of ether oxygens (including phenoxy) is 1. The normalized spacial score (nSPS) is 18.5. The Morgan fingerprint density at radius 2 is 1.49 bits per heavy atom. The third-order valence-corrected chi connectivity index (χ3v) is 9.36. The maximum atomic E-state index is 13.4. The van der Waals surface area contributed by atoms with E-state index in [1.165, 1.54) is 7.11 Å². The average molecular weight is 668 g/mol. The van der Waals surface area contributed by atoms with Gasteiger partial charge in [0.2, 0.25) is 11.8 Å². The highest BCUT2D eigenvalue weighted by molar-refractivity contribution is 5.98. The van der Waals surface area contributed by atoms with Gasteiger partial charge in [-0.1, -0.05) is 62.4 Å². The minimum absolute atomic E-state index is 0.176. The molecule has 0 aliphatic carbocycles. The van der Waals surface area contributed by atoms with Crippen LogP contribution in [0.2, 0.25) is 0 Å². The molecular weight excluding hydrogens is 626 g/mol. The van der Waals surface area contributed by atoms with E-state index in [9.17, 15) is 19.2 Å². The standard InChI is InChI=1S/C36H41N7O6/c1-21(2)31(35(46)49-3)34(45)43-17-5-7-29(43)32-38-19-28(40-32)25-14-10-23(11-15-25)22-8-12-24(13-9-22)27-18-37-30(39-27)20-42-16-4-6-26(33(42)44)41-36(47)48/h8-15,18-19,21,26,29,31,41H,4-7,16-17,20H2,1-3H3,(H,37,39)(H,38,40)(H,47,48). The maximum absolute atomic E-state index is 13.4. The summed E-state index contributed by atoms with van der Waals surface area (Å²) in [6, 6.07) is 15.3. The van der Waals surface area contributed by atoms with Crippen LogP contribution in [0.1, 0.15) is 57.2 Å². The number of carbonyl (C=O) groups excluding carboxylic acids is 3. The van der Waals surface area contributed by atoms with Crippen LogP contribution in [0.5, 0.6) is 0 Å². The lowest BCUT2D eigenvalue weighted by Crippen LogP contribution is -2.51. The molecule has 2 aromatic carbocycles. The molecule has 49 heavy (non-hydrogen) atoms. The zero-order valence-electron chi connectivity index (χ0n) is 27.8. The largest absolute Gasteiger partial charge is 0.468 e. The molecule has 2 aromatic heterocycles. The van der Waals surface area contributed by atoms with E-state index < -0.39 is 24.0 Å². The van der Waals surface area contributed by atoms with Crippen LogP contribution in [0.25, 0.3) is 33.6 Å². The molecule has 2 fully saturated rings. The van der Waals surface area contributed by atoms with Crippen molar-refractivity contribution in [2.75, 3.05) is 20.2 Å². The van der Waals surface area contributed by atoms with Gasteiger partial charge in [0.15, 0.2) is 0 Å². The smallest absolute Gasteiger partial charge is 0.405 e. The molecule has 13 heteroatoms. The van der Waals surface area contributed by atoms with Gasteiger partial charge in [-0.25, -0.2) is 14.8 Å². The van der Waals surface area contributed by atoms with Crippen molar-refractivity contribution in [3.05, 3.63) is 72.6 Å². The van der Waals surface area contributed by atoms with Gasteiger partial charge in [-0.2, -0.15) is 0 Å². The van der Waals surface area contributed by atoms with Crippen LogP contribution in [0.4, 0.5) is 4.79 Å². The minimum Gasteiger partial charge on any atom is -0.468 e. The Kier molecular flexibility index (Phi) is 9.79. The number of piperidine rings is 1. The van der Waals surface area contributed by atoms with Crippen molar-refractivity contribution in [3.63, 3.8) is 0 Å². The van der Waals surface area contributed by atoms with E-state index in [4.69, 9.17) is 9.84 Å². The molecule has 3 atom stereocenters. The van der Waals surface area contributed by atoms with Crippen LogP contribution in [-0.4, -0.2) is 85.0 Å². The molecule has 13 nitrogen and oxygen atoms in total. The minimum atomic E-state index is -1.20. The molecule has 256 valence electrons. The van der Waals surface area contributed by atoms with Crippen molar-refractivity contribution < 1.29 is 29.0 Å². The summed E-state index contributed by atoms with van der Waals surface area (Å²) in [5.41, 5.74) is 5.67. The van der Waals surface area contributed by atoms with Gasteiger partial charge in [-0.15, -0.1) is 0 Å². The summed E-state index contributed by atoms with van der Waals surface area (Å²) >= 11 is 0. The Morgan fingerprint density at radius 3 is 2.10 bits per heavy atom.